The molecule has 0 aromatic rings. The molecule has 3 amide bonds. The van der Waals surface area contributed by atoms with Crippen molar-refractivity contribution in [2.24, 2.45) is 5.73 Å². The molecule has 1 aliphatic rings. The SMILES string of the molecule is CCC1(CO)CCCN1C(=O)CCNC(N)=O. The Hall–Kier alpha value is -1.30. The predicted molar refractivity (Wildman–Crippen MR) is 63.3 cm³/mol. The summed E-state index contributed by atoms with van der Waals surface area (Å²) < 4.78 is 0. The molecule has 17 heavy (non-hydrogen) atoms. The van der Waals surface area contributed by atoms with Crippen molar-refractivity contribution in [3.8, 4) is 0 Å². The van der Waals surface area contributed by atoms with Crippen LogP contribution in [0.25, 0.3) is 0 Å². The molecule has 4 N–H and O–H groups in total. The fourth-order valence-electron chi connectivity index (χ4n) is 2.40. The highest BCUT2D eigenvalue weighted by Crippen LogP contribution is 2.32. The summed E-state index contributed by atoms with van der Waals surface area (Å²) in [6.07, 6.45) is 2.74. The second kappa shape index (κ2) is 5.86. The van der Waals surface area contributed by atoms with Crippen molar-refractivity contribution >= 4 is 11.9 Å². The van der Waals surface area contributed by atoms with Crippen LogP contribution in [0, 0.1) is 0 Å². The molecule has 0 aromatic heterocycles. The Balaban J connectivity index is 2.53. The first-order chi connectivity index (χ1) is 8.05. The number of primary amides is 1. The highest BCUT2D eigenvalue weighted by molar-refractivity contribution is 5.78. The summed E-state index contributed by atoms with van der Waals surface area (Å²) >= 11 is 0. The van der Waals surface area contributed by atoms with Crippen molar-refractivity contribution in [3.05, 3.63) is 0 Å². The zero-order valence-corrected chi connectivity index (χ0v) is 10.2. The number of aliphatic hydroxyl groups excluding tert-OH is 1. The maximum atomic E-state index is 12.0. The number of rotatable bonds is 5. The van der Waals surface area contributed by atoms with Crippen molar-refractivity contribution in [2.75, 3.05) is 19.7 Å². The van der Waals surface area contributed by atoms with Crippen LogP contribution < -0.4 is 11.1 Å². The lowest BCUT2D eigenvalue weighted by atomic mass is 9.94. The molecule has 1 atom stereocenters. The lowest BCUT2D eigenvalue weighted by Crippen LogP contribution is -2.50. The molecule has 0 bridgehead atoms. The van der Waals surface area contributed by atoms with Gasteiger partial charge in [-0.2, -0.15) is 0 Å². The van der Waals surface area contributed by atoms with Gasteiger partial charge in [-0.3, -0.25) is 4.79 Å². The number of nitrogens with zero attached hydrogens (tertiary/aromatic N) is 1. The van der Waals surface area contributed by atoms with Gasteiger partial charge in [-0.15, -0.1) is 0 Å². The van der Waals surface area contributed by atoms with Crippen LogP contribution in [0.3, 0.4) is 0 Å². The van der Waals surface area contributed by atoms with Crippen molar-refractivity contribution in [1.82, 2.24) is 10.2 Å². The van der Waals surface area contributed by atoms with Gasteiger partial charge < -0.3 is 21.1 Å². The molecular formula is C11H21N3O3. The van der Waals surface area contributed by atoms with E-state index in [1.165, 1.54) is 0 Å². The van der Waals surface area contributed by atoms with Crippen LogP contribution in [0.2, 0.25) is 0 Å². The second-order valence-corrected chi connectivity index (χ2v) is 4.43. The average Bonchev–Trinajstić information content (AvgIpc) is 2.72. The summed E-state index contributed by atoms with van der Waals surface area (Å²) in [6.45, 7) is 2.90. The summed E-state index contributed by atoms with van der Waals surface area (Å²) in [6, 6.07) is -0.622. The molecule has 1 fully saturated rings. The molecular weight excluding hydrogens is 222 g/mol. The van der Waals surface area contributed by atoms with E-state index in [2.05, 4.69) is 5.32 Å². The summed E-state index contributed by atoms with van der Waals surface area (Å²) in [7, 11) is 0. The number of urea groups is 1. The topological polar surface area (TPSA) is 95.7 Å². The van der Waals surface area contributed by atoms with Crippen molar-refractivity contribution in [2.45, 2.75) is 38.1 Å². The number of hydrogen-bond donors (Lipinski definition) is 3. The van der Waals surface area contributed by atoms with Gasteiger partial charge >= 0.3 is 6.03 Å². The maximum absolute atomic E-state index is 12.0. The molecule has 6 heteroatoms. The van der Waals surface area contributed by atoms with Crippen LogP contribution in [0.15, 0.2) is 0 Å². The highest BCUT2D eigenvalue weighted by Gasteiger charge is 2.41. The Kier molecular flexibility index (Phi) is 4.74. The van der Waals surface area contributed by atoms with Crippen molar-refractivity contribution < 1.29 is 14.7 Å². The molecule has 6 nitrogen and oxygen atoms in total. The number of carbonyl (C=O) groups is 2. The Morgan fingerprint density at radius 2 is 2.24 bits per heavy atom. The minimum absolute atomic E-state index is 0.00150. The number of aliphatic hydroxyl groups is 1. The molecule has 0 spiro atoms. The second-order valence-electron chi connectivity index (χ2n) is 4.43. The van der Waals surface area contributed by atoms with Gasteiger partial charge in [0.25, 0.3) is 0 Å². The quantitative estimate of drug-likeness (QED) is 0.624. The molecule has 0 aromatic carbocycles. The lowest BCUT2D eigenvalue weighted by molar-refractivity contribution is -0.136. The van der Waals surface area contributed by atoms with E-state index in [0.29, 0.717) is 6.54 Å². The molecule has 1 heterocycles. The lowest BCUT2D eigenvalue weighted by Gasteiger charge is -2.36. The maximum Gasteiger partial charge on any atom is 0.312 e. The van der Waals surface area contributed by atoms with E-state index >= 15 is 0 Å². The van der Waals surface area contributed by atoms with Crippen LogP contribution in [-0.4, -0.2) is 47.2 Å². The van der Waals surface area contributed by atoms with Crippen LogP contribution in [0.1, 0.15) is 32.6 Å². The molecule has 0 radical (unpaired) electrons. The van der Waals surface area contributed by atoms with Gasteiger partial charge in [-0.1, -0.05) is 6.92 Å². The molecule has 1 aliphatic heterocycles. The fourth-order valence-corrected chi connectivity index (χ4v) is 2.40. The largest absolute Gasteiger partial charge is 0.394 e. The number of carbonyl (C=O) groups excluding carboxylic acids is 2. The minimum Gasteiger partial charge on any atom is -0.394 e. The standard InChI is InChI=1S/C11H21N3O3/c1-2-11(8-15)5-3-7-14(11)9(16)4-6-13-10(12)17/h15H,2-8H2,1H3,(H3,12,13,17). The Labute approximate surface area is 101 Å². The summed E-state index contributed by atoms with van der Waals surface area (Å²) in [4.78, 5) is 24.2. The van der Waals surface area contributed by atoms with Crippen LogP contribution in [-0.2, 0) is 4.79 Å². The first kappa shape index (κ1) is 13.8. The number of nitrogens with one attached hydrogen (secondary N) is 1. The molecule has 0 saturated carbocycles. The molecule has 1 rings (SSSR count). The van der Waals surface area contributed by atoms with Gasteiger partial charge in [-0.25, -0.2) is 4.79 Å². The van der Waals surface area contributed by atoms with Gasteiger partial charge in [0, 0.05) is 19.5 Å². The molecule has 1 unspecified atom stereocenters. The van der Waals surface area contributed by atoms with E-state index in [4.69, 9.17) is 5.73 Å². The smallest absolute Gasteiger partial charge is 0.312 e. The summed E-state index contributed by atoms with van der Waals surface area (Å²) in [5.41, 5.74) is 4.52. The van der Waals surface area contributed by atoms with Gasteiger partial charge in [0.15, 0.2) is 0 Å². The van der Waals surface area contributed by atoms with Gasteiger partial charge in [0.1, 0.15) is 0 Å². The highest BCUT2D eigenvalue weighted by atomic mass is 16.3. The monoisotopic (exact) mass is 243 g/mol. The van der Waals surface area contributed by atoms with E-state index in [0.717, 1.165) is 19.3 Å². The number of amides is 3. The number of likely N-dealkylation sites (tertiary alicyclic amines) is 1. The predicted octanol–water partition coefficient (Wildman–Crippen LogP) is -0.192. The van der Waals surface area contributed by atoms with Crippen molar-refractivity contribution in [3.63, 3.8) is 0 Å². The first-order valence-electron chi connectivity index (χ1n) is 6.00. The zero-order valence-electron chi connectivity index (χ0n) is 10.2. The summed E-state index contributed by atoms with van der Waals surface area (Å²) in [5.74, 6) is -0.0350. The third-order valence-corrected chi connectivity index (χ3v) is 3.49. The van der Waals surface area contributed by atoms with Gasteiger partial charge in [0.2, 0.25) is 5.91 Å². The van der Waals surface area contributed by atoms with Gasteiger partial charge in [0.05, 0.1) is 12.1 Å². The molecule has 1 saturated heterocycles. The average molecular weight is 243 g/mol. The third-order valence-electron chi connectivity index (χ3n) is 3.49. The van der Waals surface area contributed by atoms with E-state index in [1.54, 1.807) is 4.90 Å². The van der Waals surface area contributed by atoms with Crippen LogP contribution >= 0.6 is 0 Å². The Bertz CT molecular complexity index is 290. The van der Waals surface area contributed by atoms with Crippen molar-refractivity contribution in [1.29, 1.82) is 0 Å². The van der Waals surface area contributed by atoms with E-state index in [1.807, 2.05) is 6.92 Å². The first-order valence-corrected chi connectivity index (χ1v) is 6.00. The minimum atomic E-state index is -0.622. The summed E-state index contributed by atoms with van der Waals surface area (Å²) in [5, 5.41) is 11.9. The zero-order chi connectivity index (χ0) is 12.9. The molecule has 0 aliphatic carbocycles. The van der Waals surface area contributed by atoms with E-state index < -0.39 is 11.6 Å². The van der Waals surface area contributed by atoms with E-state index in [9.17, 15) is 14.7 Å². The fraction of sp³-hybridized carbons (Fsp3) is 0.818. The normalized spacial score (nSPS) is 23.8. The number of nitrogens with two attached hydrogens (primary N) is 1. The third kappa shape index (κ3) is 3.09. The molecule has 98 valence electrons. The van der Waals surface area contributed by atoms with Gasteiger partial charge in [-0.05, 0) is 19.3 Å². The van der Waals surface area contributed by atoms with Crippen LogP contribution in [0.4, 0.5) is 4.79 Å². The number of hydrogen-bond acceptors (Lipinski definition) is 3. The van der Waals surface area contributed by atoms with E-state index in [-0.39, 0.29) is 25.5 Å². The Morgan fingerprint density at radius 3 is 2.76 bits per heavy atom. The van der Waals surface area contributed by atoms with Crippen LogP contribution in [0.5, 0.6) is 0 Å². The Morgan fingerprint density at radius 1 is 1.53 bits per heavy atom.